The lowest BCUT2D eigenvalue weighted by Crippen LogP contribution is -2.52. The number of carbonyl (C=O) groups is 2. The Kier molecular flexibility index (Phi) is 4.72. The first-order chi connectivity index (χ1) is 12.0. The molecule has 0 unspecified atom stereocenters. The number of aromatic nitrogens is 1. The fourth-order valence-corrected chi connectivity index (χ4v) is 3.52. The van der Waals surface area contributed by atoms with E-state index >= 15 is 0 Å². The fraction of sp³-hybridized carbons (Fsp3) is 0.421. The van der Waals surface area contributed by atoms with Gasteiger partial charge in [-0.15, -0.1) is 0 Å². The number of pyridine rings is 1. The van der Waals surface area contributed by atoms with E-state index in [0.717, 1.165) is 11.1 Å². The SMILES string of the molecule is COC[C@@]1(C(=O)O)CCCN(C(=O)c2cccc3ccc(C)nc23)C1. The lowest BCUT2D eigenvalue weighted by atomic mass is 9.80. The Labute approximate surface area is 146 Å². The highest BCUT2D eigenvalue weighted by Gasteiger charge is 2.44. The molecule has 2 aromatic rings. The molecule has 2 heterocycles. The molecule has 1 N–H and O–H groups in total. The van der Waals surface area contributed by atoms with Crippen LogP contribution in [0.25, 0.3) is 10.9 Å². The molecule has 0 spiro atoms. The van der Waals surface area contributed by atoms with E-state index in [1.54, 1.807) is 11.0 Å². The summed E-state index contributed by atoms with van der Waals surface area (Å²) in [6.45, 7) is 2.67. The second-order valence-corrected chi connectivity index (χ2v) is 6.68. The number of benzene rings is 1. The van der Waals surface area contributed by atoms with Crippen LogP contribution in [0.2, 0.25) is 0 Å². The monoisotopic (exact) mass is 342 g/mol. The number of nitrogens with zero attached hydrogens (tertiary/aromatic N) is 2. The van der Waals surface area contributed by atoms with Gasteiger partial charge in [-0.3, -0.25) is 14.6 Å². The Morgan fingerprint density at radius 3 is 2.84 bits per heavy atom. The Balaban J connectivity index is 1.96. The lowest BCUT2D eigenvalue weighted by Gasteiger charge is -2.39. The van der Waals surface area contributed by atoms with Crippen molar-refractivity contribution in [3.8, 4) is 0 Å². The minimum atomic E-state index is -1.05. The summed E-state index contributed by atoms with van der Waals surface area (Å²) in [6.07, 6.45) is 1.14. The van der Waals surface area contributed by atoms with Crippen molar-refractivity contribution >= 4 is 22.8 Å². The maximum atomic E-state index is 13.1. The highest BCUT2D eigenvalue weighted by Crippen LogP contribution is 2.32. The normalized spacial score (nSPS) is 20.6. The highest BCUT2D eigenvalue weighted by molar-refractivity contribution is 6.05. The predicted octanol–water partition coefficient (Wildman–Crippen LogP) is 2.50. The van der Waals surface area contributed by atoms with Crippen LogP contribution in [0.15, 0.2) is 30.3 Å². The Morgan fingerprint density at radius 1 is 1.32 bits per heavy atom. The smallest absolute Gasteiger partial charge is 0.313 e. The third kappa shape index (κ3) is 3.22. The molecule has 1 fully saturated rings. The van der Waals surface area contributed by atoms with Crippen molar-refractivity contribution in [2.75, 3.05) is 26.8 Å². The minimum Gasteiger partial charge on any atom is -0.481 e. The quantitative estimate of drug-likeness (QED) is 0.923. The van der Waals surface area contributed by atoms with E-state index < -0.39 is 11.4 Å². The van der Waals surface area contributed by atoms with Gasteiger partial charge in [-0.25, -0.2) is 0 Å². The summed E-state index contributed by atoms with van der Waals surface area (Å²) < 4.78 is 5.13. The Bertz CT molecular complexity index is 816. The van der Waals surface area contributed by atoms with Crippen LogP contribution in [0.1, 0.15) is 28.9 Å². The van der Waals surface area contributed by atoms with Crippen molar-refractivity contribution in [2.45, 2.75) is 19.8 Å². The number of rotatable bonds is 4. The molecular weight excluding hydrogens is 320 g/mol. The molecule has 1 aromatic carbocycles. The van der Waals surface area contributed by atoms with Crippen molar-refractivity contribution in [1.82, 2.24) is 9.88 Å². The first-order valence-electron chi connectivity index (χ1n) is 8.35. The second-order valence-electron chi connectivity index (χ2n) is 6.68. The molecule has 0 saturated carbocycles. The van der Waals surface area contributed by atoms with Crippen LogP contribution in [0, 0.1) is 12.3 Å². The van der Waals surface area contributed by atoms with Gasteiger partial charge in [-0.05, 0) is 31.9 Å². The van der Waals surface area contributed by atoms with Gasteiger partial charge in [-0.1, -0.05) is 18.2 Å². The van der Waals surface area contributed by atoms with Crippen LogP contribution in [-0.4, -0.2) is 53.7 Å². The van der Waals surface area contributed by atoms with Gasteiger partial charge in [-0.2, -0.15) is 0 Å². The van der Waals surface area contributed by atoms with Gasteiger partial charge in [0.1, 0.15) is 5.41 Å². The molecule has 6 nitrogen and oxygen atoms in total. The number of amides is 1. The van der Waals surface area contributed by atoms with Crippen LogP contribution in [0.5, 0.6) is 0 Å². The summed E-state index contributed by atoms with van der Waals surface area (Å²) in [7, 11) is 1.49. The second kappa shape index (κ2) is 6.80. The van der Waals surface area contributed by atoms with Crippen molar-refractivity contribution in [1.29, 1.82) is 0 Å². The number of aliphatic carboxylic acids is 1. The van der Waals surface area contributed by atoms with E-state index in [9.17, 15) is 14.7 Å². The molecule has 1 atom stereocenters. The van der Waals surface area contributed by atoms with Gasteiger partial charge in [0, 0.05) is 31.3 Å². The topological polar surface area (TPSA) is 79.7 Å². The number of hydrogen-bond donors (Lipinski definition) is 1. The number of carboxylic acid groups (broad SMARTS) is 1. The maximum absolute atomic E-state index is 13.1. The van der Waals surface area contributed by atoms with Crippen molar-refractivity contribution < 1.29 is 19.4 Å². The number of carboxylic acids is 1. The summed E-state index contributed by atoms with van der Waals surface area (Å²) in [5.41, 5.74) is 0.965. The number of carbonyl (C=O) groups excluding carboxylic acids is 1. The van der Waals surface area contributed by atoms with E-state index in [0.29, 0.717) is 30.5 Å². The average molecular weight is 342 g/mol. The molecule has 1 amide bonds. The molecule has 132 valence electrons. The van der Waals surface area contributed by atoms with Gasteiger partial charge in [0.15, 0.2) is 0 Å². The molecule has 0 radical (unpaired) electrons. The van der Waals surface area contributed by atoms with E-state index in [1.165, 1.54) is 7.11 Å². The summed E-state index contributed by atoms with van der Waals surface area (Å²) in [4.78, 5) is 31.0. The number of ether oxygens (including phenoxy) is 1. The number of hydrogen-bond acceptors (Lipinski definition) is 4. The number of piperidine rings is 1. The molecular formula is C19H22N2O4. The first-order valence-corrected chi connectivity index (χ1v) is 8.35. The lowest BCUT2D eigenvalue weighted by molar-refractivity contribution is -0.155. The van der Waals surface area contributed by atoms with E-state index in [4.69, 9.17) is 4.74 Å². The molecule has 25 heavy (non-hydrogen) atoms. The van der Waals surface area contributed by atoms with Crippen molar-refractivity contribution in [3.63, 3.8) is 0 Å². The largest absolute Gasteiger partial charge is 0.481 e. The number of para-hydroxylation sites is 1. The van der Waals surface area contributed by atoms with Crippen LogP contribution >= 0.6 is 0 Å². The standard InChI is InChI=1S/C19H22N2O4/c1-13-7-8-14-5-3-6-15(16(14)20-13)17(22)21-10-4-9-19(11-21,12-25-2)18(23)24/h3,5-8H,4,9-12H2,1-2H3,(H,23,24)/t19-/m1/s1. The maximum Gasteiger partial charge on any atom is 0.313 e. The van der Waals surface area contributed by atoms with E-state index in [-0.39, 0.29) is 19.1 Å². The molecule has 1 saturated heterocycles. The Morgan fingerprint density at radius 2 is 2.12 bits per heavy atom. The van der Waals surface area contributed by atoms with Gasteiger partial charge in [0.05, 0.1) is 17.7 Å². The number of likely N-dealkylation sites (tertiary alicyclic amines) is 1. The molecule has 1 aliphatic heterocycles. The van der Waals surface area contributed by atoms with Crippen LogP contribution in [-0.2, 0) is 9.53 Å². The molecule has 0 aliphatic carbocycles. The first kappa shape index (κ1) is 17.4. The zero-order valence-electron chi connectivity index (χ0n) is 14.5. The number of fused-ring (bicyclic) bond motifs is 1. The zero-order chi connectivity index (χ0) is 18.0. The summed E-state index contributed by atoms with van der Waals surface area (Å²) in [5.74, 6) is -1.09. The summed E-state index contributed by atoms with van der Waals surface area (Å²) in [6, 6.07) is 9.35. The minimum absolute atomic E-state index is 0.0962. The van der Waals surface area contributed by atoms with Crippen LogP contribution < -0.4 is 0 Å². The van der Waals surface area contributed by atoms with Crippen molar-refractivity contribution in [3.05, 3.63) is 41.6 Å². The van der Waals surface area contributed by atoms with Gasteiger partial charge in [0.2, 0.25) is 0 Å². The molecule has 1 aliphatic rings. The third-order valence-corrected chi connectivity index (χ3v) is 4.83. The fourth-order valence-electron chi connectivity index (χ4n) is 3.52. The number of aryl methyl sites for hydroxylation is 1. The van der Waals surface area contributed by atoms with E-state index in [2.05, 4.69) is 4.98 Å². The summed E-state index contributed by atoms with van der Waals surface area (Å²) >= 11 is 0. The molecule has 3 rings (SSSR count). The molecule has 0 bridgehead atoms. The molecule has 1 aromatic heterocycles. The van der Waals surface area contributed by atoms with Crippen LogP contribution in [0.4, 0.5) is 0 Å². The van der Waals surface area contributed by atoms with Crippen LogP contribution in [0.3, 0.4) is 0 Å². The van der Waals surface area contributed by atoms with Gasteiger partial charge >= 0.3 is 5.97 Å². The number of methoxy groups -OCH3 is 1. The molecule has 6 heteroatoms. The highest BCUT2D eigenvalue weighted by atomic mass is 16.5. The summed E-state index contributed by atoms with van der Waals surface area (Å²) in [5, 5.41) is 10.6. The predicted molar refractivity (Wildman–Crippen MR) is 93.6 cm³/mol. The third-order valence-electron chi connectivity index (χ3n) is 4.83. The van der Waals surface area contributed by atoms with Crippen molar-refractivity contribution in [2.24, 2.45) is 5.41 Å². The average Bonchev–Trinajstić information content (AvgIpc) is 2.61. The zero-order valence-corrected chi connectivity index (χ0v) is 14.5. The Hall–Kier alpha value is -2.47. The van der Waals surface area contributed by atoms with E-state index in [1.807, 2.05) is 31.2 Å². The van der Waals surface area contributed by atoms with Gasteiger partial charge < -0.3 is 14.7 Å². The van der Waals surface area contributed by atoms with Gasteiger partial charge in [0.25, 0.3) is 5.91 Å².